The molecule has 2 aromatic carbocycles. The summed E-state index contributed by atoms with van der Waals surface area (Å²) >= 11 is 0. The predicted octanol–water partition coefficient (Wildman–Crippen LogP) is 2.60. The van der Waals surface area contributed by atoms with Crippen LogP contribution in [0, 0.1) is 5.92 Å². The zero-order valence-electron chi connectivity index (χ0n) is 15.6. The third kappa shape index (κ3) is 4.01. The van der Waals surface area contributed by atoms with E-state index in [1.54, 1.807) is 23.1 Å². The number of anilines is 1. The number of carbonyl (C=O) groups is 3. The van der Waals surface area contributed by atoms with E-state index < -0.39 is 5.97 Å². The lowest BCUT2D eigenvalue weighted by atomic mass is 9.95. The number of ether oxygens (including phenoxy) is 2. The minimum atomic E-state index is -1.03. The van der Waals surface area contributed by atoms with Gasteiger partial charge in [0.2, 0.25) is 12.7 Å². The zero-order valence-corrected chi connectivity index (χ0v) is 15.6. The number of carboxylic acid groups (broad SMARTS) is 1. The van der Waals surface area contributed by atoms with Crippen LogP contribution < -0.4 is 14.8 Å². The van der Waals surface area contributed by atoms with Gasteiger partial charge in [0.25, 0.3) is 5.91 Å². The van der Waals surface area contributed by atoms with Crippen LogP contribution in [0.2, 0.25) is 0 Å². The quantitative estimate of drug-likeness (QED) is 0.823. The molecule has 0 radical (unpaired) electrons. The van der Waals surface area contributed by atoms with Crippen molar-refractivity contribution < 1.29 is 29.0 Å². The number of nitrogens with one attached hydrogen (secondary N) is 1. The lowest BCUT2D eigenvalue weighted by molar-refractivity contribution is -0.121. The van der Waals surface area contributed by atoms with Crippen LogP contribution >= 0.6 is 0 Å². The van der Waals surface area contributed by atoms with Crippen LogP contribution in [0.1, 0.15) is 33.6 Å². The lowest BCUT2D eigenvalue weighted by Crippen LogP contribution is -2.41. The van der Waals surface area contributed by atoms with Gasteiger partial charge >= 0.3 is 5.97 Å². The van der Waals surface area contributed by atoms with Gasteiger partial charge < -0.3 is 24.8 Å². The van der Waals surface area contributed by atoms with Crippen LogP contribution in [0.4, 0.5) is 5.69 Å². The number of nitrogens with zero attached hydrogens (tertiary/aromatic N) is 1. The third-order valence-electron chi connectivity index (χ3n) is 5.17. The molecule has 8 heteroatoms. The summed E-state index contributed by atoms with van der Waals surface area (Å²) < 4.78 is 10.6. The molecule has 2 amide bonds. The number of hydrogen-bond acceptors (Lipinski definition) is 5. The fourth-order valence-electron chi connectivity index (χ4n) is 3.50. The molecule has 0 aliphatic carbocycles. The van der Waals surface area contributed by atoms with E-state index in [2.05, 4.69) is 5.32 Å². The summed E-state index contributed by atoms with van der Waals surface area (Å²) in [7, 11) is 0. The van der Waals surface area contributed by atoms with Crippen LogP contribution in [0.25, 0.3) is 0 Å². The monoisotopic (exact) mass is 396 g/mol. The van der Waals surface area contributed by atoms with E-state index >= 15 is 0 Å². The average Bonchev–Trinajstić information content (AvgIpc) is 3.21. The molecule has 1 fully saturated rings. The van der Waals surface area contributed by atoms with Crippen molar-refractivity contribution in [1.82, 2.24) is 4.90 Å². The Labute approximate surface area is 167 Å². The Balaban J connectivity index is 1.32. The van der Waals surface area contributed by atoms with E-state index in [9.17, 15) is 14.4 Å². The highest BCUT2D eigenvalue weighted by molar-refractivity contribution is 5.96. The fraction of sp³-hybridized carbons (Fsp3) is 0.286. The number of aromatic carboxylic acids is 1. The van der Waals surface area contributed by atoms with Gasteiger partial charge in [-0.1, -0.05) is 0 Å². The number of likely N-dealkylation sites (tertiary alicyclic amines) is 1. The Kier molecular flexibility index (Phi) is 5.07. The summed E-state index contributed by atoms with van der Waals surface area (Å²) in [5, 5.41) is 11.8. The highest BCUT2D eigenvalue weighted by Crippen LogP contribution is 2.34. The smallest absolute Gasteiger partial charge is 0.335 e. The lowest BCUT2D eigenvalue weighted by Gasteiger charge is -2.31. The minimum absolute atomic E-state index is 0.0817. The maximum absolute atomic E-state index is 12.6. The summed E-state index contributed by atoms with van der Waals surface area (Å²) in [5.41, 5.74) is 1.23. The van der Waals surface area contributed by atoms with Crippen molar-refractivity contribution in [2.24, 2.45) is 5.92 Å². The molecular formula is C21H20N2O6. The standard InChI is InChI=1S/C21H20N2O6/c24-19(22-16-5-6-17-18(11-16)29-12-28-17)13-7-9-23(10-8-13)20(25)14-1-3-15(4-2-14)21(26)27/h1-6,11,13H,7-10,12H2,(H,22,24)(H,26,27). The van der Waals surface area contributed by atoms with Gasteiger partial charge in [0.1, 0.15) is 0 Å². The van der Waals surface area contributed by atoms with E-state index in [0.717, 1.165) is 0 Å². The van der Waals surface area contributed by atoms with Gasteiger partial charge in [0.15, 0.2) is 11.5 Å². The zero-order chi connectivity index (χ0) is 20.4. The molecule has 2 aromatic rings. The number of amides is 2. The molecule has 150 valence electrons. The molecular weight excluding hydrogens is 376 g/mol. The van der Waals surface area contributed by atoms with Crippen molar-refractivity contribution in [2.45, 2.75) is 12.8 Å². The van der Waals surface area contributed by atoms with Crippen molar-refractivity contribution >= 4 is 23.5 Å². The van der Waals surface area contributed by atoms with Gasteiger partial charge in [-0.3, -0.25) is 9.59 Å². The number of carbonyl (C=O) groups excluding carboxylic acids is 2. The largest absolute Gasteiger partial charge is 0.478 e. The molecule has 4 rings (SSSR count). The highest BCUT2D eigenvalue weighted by atomic mass is 16.7. The summed E-state index contributed by atoms with van der Waals surface area (Å²) in [6.45, 7) is 1.12. The first-order chi connectivity index (χ1) is 14.0. The summed E-state index contributed by atoms with van der Waals surface area (Å²) in [6, 6.07) is 11.1. The van der Waals surface area contributed by atoms with E-state index in [1.807, 2.05) is 0 Å². The van der Waals surface area contributed by atoms with E-state index in [0.29, 0.717) is 48.7 Å². The Hall–Kier alpha value is -3.55. The number of hydrogen-bond donors (Lipinski definition) is 2. The number of rotatable bonds is 4. The second-order valence-corrected chi connectivity index (χ2v) is 7.01. The van der Waals surface area contributed by atoms with Gasteiger partial charge in [0, 0.05) is 36.3 Å². The Morgan fingerprint density at radius 1 is 0.931 bits per heavy atom. The first-order valence-corrected chi connectivity index (χ1v) is 9.34. The van der Waals surface area contributed by atoms with Gasteiger partial charge in [-0.05, 0) is 49.2 Å². The SMILES string of the molecule is O=C(O)c1ccc(C(=O)N2CCC(C(=O)Nc3ccc4c(c3)OCO4)CC2)cc1. The first-order valence-electron chi connectivity index (χ1n) is 9.34. The van der Waals surface area contributed by atoms with Crippen LogP contribution in [-0.4, -0.2) is 47.7 Å². The van der Waals surface area contributed by atoms with Crippen molar-refractivity contribution in [3.63, 3.8) is 0 Å². The molecule has 2 heterocycles. The molecule has 0 spiro atoms. The van der Waals surface area contributed by atoms with Crippen molar-refractivity contribution in [1.29, 1.82) is 0 Å². The van der Waals surface area contributed by atoms with Gasteiger partial charge in [0.05, 0.1) is 5.56 Å². The molecule has 29 heavy (non-hydrogen) atoms. The first kappa shape index (κ1) is 18.8. The number of fused-ring (bicyclic) bond motifs is 1. The Bertz CT molecular complexity index is 948. The summed E-state index contributed by atoms with van der Waals surface area (Å²) in [4.78, 5) is 37.8. The van der Waals surface area contributed by atoms with Crippen LogP contribution in [0.3, 0.4) is 0 Å². The molecule has 8 nitrogen and oxygen atoms in total. The molecule has 0 aromatic heterocycles. The molecule has 2 aliphatic rings. The second-order valence-electron chi connectivity index (χ2n) is 7.01. The topological polar surface area (TPSA) is 105 Å². The van der Waals surface area contributed by atoms with Crippen molar-refractivity contribution in [3.8, 4) is 11.5 Å². The average molecular weight is 396 g/mol. The van der Waals surface area contributed by atoms with Gasteiger partial charge in [-0.2, -0.15) is 0 Å². The number of benzene rings is 2. The Morgan fingerprint density at radius 3 is 2.28 bits per heavy atom. The molecule has 2 N–H and O–H groups in total. The Morgan fingerprint density at radius 2 is 1.59 bits per heavy atom. The molecule has 0 saturated carbocycles. The van der Waals surface area contributed by atoms with Gasteiger partial charge in [-0.15, -0.1) is 0 Å². The molecule has 0 unspecified atom stereocenters. The summed E-state index contributed by atoms with van der Waals surface area (Å²) in [5.74, 6) is -0.182. The number of piperidine rings is 1. The van der Waals surface area contributed by atoms with Crippen LogP contribution in [0.15, 0.2) is 42.5 Å². The van der Waals surface area contributed by atoms with Crippen LogP contribution in [-0.2, 0) is 4.79 Å². The normalized spacial score (nSPS) is 15.8. The molecule has 0 bridgehead atoms. The van der Waals surface area contributed by atoms with Gasteiger partial charge in [-0.25, -0.2) is 4.79 Å². The summed E-state index contributed by atoms with van der Waals surface area (Å²) in [6.07, 6.45) is 1.13. The minimum Gasteiger partial charge on any atom is -0.478 e. The van der Waals surface area contributed by atoms with E-state index in [1.165, 1.54) is 24.3 Å². The highest BCUT2D eigenvalue weighted by Gasteiger charge is 2.28. The molecule has 1 saturated heterocycles. The van der Waals surface area contributed by atoms with Crippen LogP contribution in [0.5, 0.6) is 11.5 Å². The number of carboxylic acids is 1. The predicted molar refractivity (Wildman–Crippen MR) is 103 cm³/mol. The maximum atomic E-state index is 12.6. The second kappa shape index (κ2) is 7.83. The third-order valence-corrected chi connectivity index (χ3v) is 5.17. The van der Waals surface area contributed by atoms with E-state index in [4.69, 9.17) is 14.6 Å². The van der Waals surface area contributed by atoms with Crippen molar-refractivity contribution in [2.75, 3.05) is 25.2 Å². The molecule has 0 atom stereocenters. The van der Waals surface area contributed by atoms with E-state index in [-0.39, 0.29) is 30.1 Å². The van der Waals surface area contributed by atoms with Crippen molar-refractivity contribution in [3.05, 3.63) is 53.6 Å². The fourth-order valence-corrected chi connectivity index (χ4v) is 3.50. The maximum Gasteiger partial charge on any atom is 0.335 e. The molecule has 2 aliphatic heterocycles.